The largest absolute Gasteiger partial charge is 0.507 e. The van der Waals surface area contributed by atoms with Crippen LogP contribution in [0.3, 0.4) is 0 Å². The number of benzene rings is 2. The minimum atomic E-state index is -0.917. The normalized spacial score (nSPS) is 28.5. The third-order valence-electron chi connectivity index (χ3n) is 8.02. The first kappa shape index (κ1) is 27.2. The summed E-state index contributed by atoms with van der Waals surface area (Å²) < 4.78 is 17.4. The molecule has 0 saturated carbocycles. The summed E-state index contributed by atoms with van der Waals surface area (Å²) in [5.41, 5.74) is 6.37. The molecule has 1 fully saturated rings. The van der Waals surface area contributed by atoms with Gasteiger partial charge in [0, 0.05) is 47.8 Å². The molecule has 6 N–H and O–H groups in total. The number of carbonyl (C=O) groups excluding carboxylic acids is 2. The second-order valence-electron chi connectivity index (χ2n) is 10.2. The monoisotopic (exact) mass is 540 g/mol. The lowest BCUT2D eigenvalue weighted by molar-refractivity contribution is -0.242. The zero-order chi connectivity index (χ0) is 28.2. The Hall–Kier alpha value is -3.35. The van der Waals surface area contributed by atoms with Crippen LogP contribution in [0.5, 0.6) is 17.2 Å². The van der Waals surface area contributed by atoms with Crippen molar-refractivity contribution in [2.24, 2.45) is 16.6 Å². The average molecular weight is 541 g/mol. The van der Waals surface area contributed by atoms with Crippen LogP contribution in [0.4, 0.5) is 0 Å². The molecule has 3 aliphatic rings. The second-order valence-corrected chi connectivity index (χ2v) is 10.2. The number of aliphatic hydroxyl groups excluding tert-OH is 2. The quantitative estimate of drug-likeness (QED) is 0.234. The van der Waals surface area contributed by atoms with Crippen LogP contribution >= 0.6 is 0 Å². The van der Waals surface area contributed by atoms with Crippen LogP contribution in [0, 0.1) is 5.92 Å². The van der Waals surface area contributed by atoms with Gasteiger partial charge in [0.15, 0.2) is 12.1 Å². The number of hydrogen-bond donors (Lipinski definition) is 5. The molecule has 11 nitrogen and oxygen atoms in total. The summed E-state index contributed by atoms with van der Waals surface area (Å²) in [6, 6.07) is 3.97. The second kappa shape index (κ2) is 10.3. The van der Waals surface area contributed by atoms with E-state index in [-0.39, 0.29) is 65.0 Å². The van der Waals surface area contributed by atoms with Gasteiger partial charge in [0.25, 0.3) is 0 Å². The number of nitrogens with two attached hydrogens (primary N) is 1. The van der Waals surface area contributed by atoms with Crippen LogP contribution in [0.1, 0.15) is 68.8 Å². The molecule has 11 heteroatoms. The highest BCUT2D eigenvalue weighted by Gasteiger charge is 2.45. The molecule has 6 atom stereocenters. The number of phenolic OH excluding ortho intramolecular Hbond substituents is 2. The molecule has 0 unspecified atom stereocenters. The zero-order valence-electron chi connectivity index (χ0n) is 21.9. The highest BCUT2D eigenvalue weighted by atomic mass is 16.7. The summed E-state index contributed by atoms with van der Waals surface area (Å²) in [6.07, 6.45) is -2.73. The molecular formula is C28H32N2O9. The maximum atomic E-state index is 13.7. The number of aromatic hydroxyl groups is 2. The Morgan fingerprint density at radius 2 is 1.85 bits per heavy atom. The highest BCUT2D eigenvalue weighted by molar-refractivity contribution is 6.31. The Bertz CT molecular complexity index is 1360. The maximum absolute atomic E-state index is 13.7. The Balaban J connectivity index is 1.67. The van der Waals surface area contributed by atoms with Crippen LogP contribution in [-0.2, 0) is 15.9 Å². The van der Waals surface area contributed by atoms with Crippen LogP contribution in [0.15, 0.2) is 23.2 Å². The van der Waals surface area contributed by atoms with E-state index < -0.39 is 59.6 Å². The average Bonchev–Trinajstić information content (AvgIpc) is 2.92. The number of methoxy groups -OCH3 is 1. The zero-order valence-corrected chi connectivity index (χ0v) is 21.9. The van der Waals surface area contributed by atoms with Gasteiger partial charge in [-0.15, -0.1) is 0 Å². The first-order valence-corrected chi connectivity index (χ1v) is 12.8. The Morgan fingerprint density at radius 3 is 2.49 bits per heavy atom. The Labute approximate surface area is 224 Å². The Kier molecular flexibility index (Phi) is 7.21. The van der Waals surface area contributed by atoms with Gasteiger partial charge in [-0.05, 0) is 25.8 Å². The maximum Gasteiger partial charge on any atom is 0.202 e. The van der Waals surface area contributed by atoms with Crippen molar-refractivity contribution in [3.8, 4) is 17.2 Å². The van der Waals surface area contributed by atoms with Gasteiger partial charge in [0.1, 0.15) is 17.2 Å². The predicted octanol–water partition coefficient (Wildman–Crippen LogP) is 1.39. The van der Waals surface area contributed by atoms with E-state index in [0.717, 1.165) is 0 Å². The van der Waals surface area contributed by atoms with Crippen molar-refractivity contribution in [2.75, 3.05) is 20.8 Å². The van der Waals surface area contributed by atoms with Gasteiger partial charge in [-0.25, -0.2) is 0 Å². The van der Waals surface area contributed by atoms with E-state index in [9.17, 15) is 30.0 Å². The summed E-state index contributed by atoms with van der Waals surface area (Å²) in [5, 5.41) is 43.2. The molecule has 2 aliphatic carbocycles. The summed E-state index contributed by atoms with van der Waals surface area (Å²) in [5.74, 6) is -2.41. The smallest absolute Gasteiger partial charge is 0.202 e. The third-order valence-corrected chi connectivity index (χ3v) is 8.02. The molecule has 1 aliphatic heterocycles. The summed E-state index contributed by atoms with van der Waals surface area (Å²) in [4.78, 5) is 31.5. The molecule has 2 aromatic rings. The fraction of sp³-hybridized carbons (Fsp3) is 0.464. The number of carbonyl (C=O) groups is 2. The number of aliphatic imine (C=N–C) groups is 1. The molecule has 5 rings (SSSR count). The fourth-order valence-corrected chi connectivity index (χ4v) is 5.99. The van der Waals surface area contributed by atoms with Crippen LogP contribution in [-0.4, -0.2) is 83.0 Å². The molecular weight excluding hydrogens is 508 g/mol. The summed E-state index contributed by atoms with van der Waals surface area (Å²) in [6.45, 7) is 1.33. The van der Waals surface area contributed by atoms with Crippen molar-refractivity contribution in [1.29, 1.82) is 0 Å². The van der Waals surface area contributed by atoms with E-state index >= 15 is 0 Å². The molecule has 0 spiro atoms. The van der Waals surface area contributed by atoms with E-state index in [1.807, 2.05) is 0 Å². The topological polar surface area (TPSA) is 181 Å². The van der Waals surface area contributed by atoms with Gasteiger partial charge in [-0.2, -0.15) is 0 Å². The van der Waals surface area contributed by atoms with Crippen molar-refractivity contribution < 1.29 is 44.2 Å². The van der Waals surface area contributed by atoms with Gasteiger partial charge in [-0.1, -0.05) is 12.1 Å². The number of aliphatic hydroxyl groups is 2. The van der Waals surface area contributed by atoms with E-state index in [1.165, 1.54) is 13.2 Å². The SMILES string of the molecule is CN=C(CO)[C@H]1Cc2c(O)c3c(c(O)c2[C@H](O[C@@H]2C[C@@H](N)[C@@H](O)[C@@H](C)O2)C1)C(=O)c1c(OC)cccc1C3=O. The summed E-state index contributed by atoms with van der Waals surface area (Å²) >= 11 is 0. The lowest BCUT2D eigenvalue weighted by Gasteiger charge is -2.40. The molecule has 39 heavy (non-hydrogen) atoms. The van der Waals surface area contributed by atoms with Crippen molar-refractivity contribution in [3.63, 3.8) is 0 Å². The molecule has 208 valence electrons. The molecule has 1 saturated heterocycles. The predicted molar refractivity (Wildman–Crippen MR) is 139 cm³/mol. The minimum absolute atomic E-state index is 0.00314. The van der Waals surface area contributed by atoms with Crippen LogP contribution in [0.25, 0.3) is 0 Å². The van der Waals surface area contributed by atoms with Crippen molar-refractivity contribution >= 4 is 17.3 Å². The molecule has 1 heterocycles. The van der Waals surface area contributed by atoms with Gasteiger partial charge in [0.05, 0.1) is 48.7 Å². The molecule has 2 aromatic carbocycles. The van der Waals surface area contributed by atoms with Gasteiger partial charge >= 0.3 is 0 Å². The first-order valence-electron chi connectivity index (χ1n) is 12.8. The summed E-state index contributed by atoms with van der Waals surface area (Å²) in [7, 11) is 2.91. The number of fused-ring (bicyclic) bond motifs is 3. The van der Waals surface area contributed by atoms with Gasteiger partial charge < -0.3 is 40.4 Å². The molecule has 0 amide bonds. The molecule has 0 radical (unpaired) electrons. The van der Waals surface area contributed by atoms with Crippen LogP contribution < -0.4 is 10.5 Å². The number of nitrogens with zero attached hydrogens (tertiary/aromatic N) is 1. The molecule has 0 bridgehead atoms. The first-order chi connectivity index (χ1) is 18.6. The number of rotatable bonds is 5. The van der Waals surface area contributed by atoms with Gasteiger partial charge in [0.2, 0.25) is 5.78 Å². The highest BCUT2D eigenvalue weighted by Crippen LogP contribution is 2.51. The van der Waals surface area contributed by atoms with Crippen molar-refractivity contribution in [3.05, 3.63) is 51.6 Å². The lowest BCUT2D eigenvalue weighted by Crippen LogP contribution is -2.52. The van der Waals surface area contributed by atoms with Gasteiger partial charge in [-0.3, -0.25) is 14.6 Å². The lowest BCUT2D eigenvalue weighted by atomic mass is 9.73. The van der Waals surface area contributed by atoms with E-state index in [4.69, 9.17) is 19.9 Å². The fourth-order valence-electron chi connectivity index (χ4n) is 5.99. The Morgan fingerprint density at radius 1 is 1.13 bits per heavy atom. The van der Waals surface area contributed by atoms with Crippen LogP contribution in [0.2, 0.25) is 0 Å². The van der Waals surface area contributed by atoms with E-state index in [1.54, 1.807) is 26.1 Å². The van der Waals surface area contributed by atoms with Crippen molar-refractivity contribution in [2.45, 2.75) is 56.8 Å². The number of ether oxygens (including phenoxy) is 3. The number of phenols is 2. The van der Waals surface area contributed by atoms with E-state index in [2.05, 4.69) is 4.99 Å². The number of ketones is 2. The number of hydrogen-bond acceptors (Lipinski definition) is 11. The molecule has 0 aromatic heterocycles. The standard InChI is InChI=1S/C28H32N2O9/c1-11-24(32)15(29)9-19(38-11)39-18-8-12(16(10-31)30-2)7-14-21(18)28(36)23-22(26(14)34)25(33)13-5-4-6-17(37-3)20(13)27(23)35/h4-6,11-12,15,18-19,24,31-32,34,36H,7-10,29H2,1-3H3/t11-,12+,15-,18-,19-,24+/m1/s1. The minimum Gasteiger partial charge on any atom is -0.507 e. The third kappa shape index (κ3) is 4.30. The van der Waals surface area contributed by atoms with E-state index in [0.29, 0.717) is 5.71 Å². The van der Waals surface area contributed by atoms with Crippen molar-refractivity contribution in [1.82, 2.24) is 0 Å².